The summed E-state index contributed by atoms with van der Waals surface area (Å²) in [6.07, 6.45) is 0. The lowest BCUT2D eigenvalue weighted by molar-refractivity contribution is 0.101. The van der Waals surface area contributed by atoms with Crippen LogP contribution in [0.5, 0.6) is 23.1 Å². The van der Waals surface area contributed by atoms with Crippen molar-refractivity contribution in [1.29, 1.82) is 0 Å². The molecule has 112 valence electrons. The van der Waals surface area contributed by atoms with Gasteiger partial charge in [-0.3, -0.25) is 9.59 Å². The van der Waals surface area contributed by atoms with Crippen LogP contribution >= 0.6 is 31.9 Å². The molecule has 1 aromatic carbocycles. The molecule has 0 amide bonds. The fourth-order valence-electron chi connectivity index (χ4n) is 1.86. The van der Waals surface area contributed by atoms with Gasteiger partial charge < -0.3 is 9.47 Å². The molecule has 0 radical (unpaired) electrons. The second kappa shape index (κ2) is 6.13. The van der Waals surface area contributed by atoms with Crippen molar-refractivity contribution < 1.29 is 19.1 Å². The highest BCUT2D eigenvalue weighted by Crippen LogP contribution is 2.44. The Morgan fingerprint density at radius 3 is 2.41 bits per heavy atom. The second-order valence-corrected chi connectivity index (χ2v) is 5.50. The van der Waals surface area contributed by atoms with Gasteiger partial charge in [-0.25, -0.2) is 0 Å². The molecule has 0 unspecified atom stereocenters. The molecule has 0 aliphatic carbocycles. The smallest absolute Gasteiger partial charge is 0.282 e. The number of aromatic nitrogens is 2. The first-order chi connectivity index (χ1) is 10.6. The summed E-state index contributed by atoms with van der Waals surface area (Å²) in [7, 11) is 0. The molecule has 0 atom stereocenters. The van der Waals surface area contributed by atoms with Crippen LogP contribution in [0.25, 0.3) is 0 Å². The van der Waals surface area contributed by atoms with Crippen LogP contribution in [-0.4, -0.2) is 32.4 Å². The third-order valence-electron chi connectivity index (χ3n) is 2.95. The summed E-state index contributed by atoms with van der Waals surface area (Å²) in [5.74, 6) is 1.02. The average molecular weight is 428 g/mol. The van der Waals surface area contributed by atoms with Crippen LogP contribution in [0.15, 0.2) is 24.3 Å². The molecule has 22 heavy (non-hydrogen) atoms. The molecule has 2 aromatic rings. The Morgan fingerprint density at radius 1 is 0.909 bits per heavy atom. The number of hydrogen-bond acceptors (Lipinski definition) is 6. The van der Waals surface area contributed by atoms with E-state index in [4.69, 9.17) is 9.47 Å². The fraction of sp³-hybridized carbons (Fsp3) is 0.143. The van der Waals surface area contributed by atoms with Crippen LogP contribution in [0.3, 0.4) is 0 Å². The van der Waals surface area contributed by atoms with Crippen LogP contribution in [0, 0.1) is 0 Å². The van der Waals surface area contributed by atoms with Crippen molar-refractivity contribution in [3.05, 3.63) is 35.5 Å². The summed E-state index contributed by atoms with van der Waals surface area (Å²) in [6.45, 7) is 0. The van der Waals surface area contributed by atoms with Gasteiger partial charge in [0.15, 0.2) is 28.8 Å². The second-order valence-electron chi connectivity index (χ2n) is 4.38. The number of benzene rings is 1. The van der Waals surface area contributed by atoms with Gasteiger partial charge in [0.1, 0.15) is 5.69 Å². The number of rotatable bonds is 4. The van der Waals surface area contributed by atoms with Gasteiger partial charge in [-0.15, -0.1) is 10.2 Å². The van der Waals surface area contributed by atoms with E-state index in [0.717, 1.165) is 0 Å². The van der Waals surface area contributed by atoms with Gasteiger partial charge in [0.2, 0.25) is 0 Å². The van der Waals surface area contributed by atoms with Crippen LogP contribution in [0.4, 0.5) is 0 Å². The van der Waals surface area contributed by atoms with Gasteiger partial charge in [0.05, 0.1) is 10.7 Å². The fourth-order valence-corrected chi connectivity index (χ4v) is 2.47. The van der Waals surface area contributed by atoms with Gasteiger partial charge in [-0.05, 0) is 18.2 Å². The minimum atomic E-state index is -0.206. The Kier molecular flexibility index (Phi) is 4.21. The Hall–Kier alpha value is -1.80. The highest BCUT2D eigenvalue weighted by molar-refractivity contribution is 9.09. The average Bonchev–Trinajstić information content (AvgIpc) is 2.57. The maximum absolute atomic E-state index is 11.7. The van der Waals surface area contributed by atoms with E-state index in [1.807, 2.05) is 0 Å². The molecule has 0 saturated heterocycles. The van der Waals surface area contributed by atoms with E-state index in [0.29, 0.717) is 22.8 Å². The minimum absolute atomic E-state index is 0.0680. The normalized spacial score (nSPS) is 11.7. The third kappa shape index (κ3) is 2.76. The van der Waals surface area contributed by atoms with Crippen molar-refractivity contribution in [2.45, 2.75) is 0 Å². The highest BCUT2D eigenvalue weighted by Gasteiger charge is 2.23. The summed E-state index contributed by atoms with van der Waals surface area (Å²) in [4.78, 5) is 23.3. The minimum Gasteiger partial charge on any atom is -0.448 e. The van der Waals surface area contributed by atoms with Gasteiger partial charge in [0.25, 0.3) is 5.88 Å². The number of ether oxygens (including phenoxy) is 2. The number of halogens is 2. The van der Waals surface area contributed by atoms with Crippen molar-refractivity contribution in [2.75, 3.05) is 10.7 Å². The molecule has 1 aliphatic rings. The van der Waals surface area contributed by atoms with Gasteiger partial charge in [0, 0.05) is 11.6 Å². The zero-order chi connectivity index (χ0) is 15.7. The van der Waals surface area contributed by atoms with E-state index < -0.39 is 0 Å². The van der Waals surface area contributed by atoms with Crippen molar-refractivity contribution >= 4 is 43.4 Å². The molecule has 2 heterocycles. The van der Waals surface area contributed by atoms with E-state index in [2.05, 4.69) is 42.1 Å². The molecule has 1 aliphatic heterocycles. The van der Waals surface area contributed by atoms with Crippen LogP contribution in [0.2, 0.25) is 0 Å². The number of carbonyl (C=O) groups excluding carboxylic acids is 2. The van der Waals surface area contributed by atoms with Crippen molar-refractivity contribution in [3.63, 3.8) is 0 Å². The van der Waals surface area contributed by atoms with Crippen molar-refractivity contribution in [1.82, 2.24) is 10.2 Å². The van der Waals surface area contributed by atoms with E-state index in [-0.39, 0.29) is 33.8 Å². The molecule has 3 rings (SSSR count). The van der Waals surface area contributed by atoms with Crippen LogP contribution in [-0.2, 0) is 0 Å². The topological polar surface area (TPSA) is 78.4 Å². The van der Waals surface area contributed by atoms with Crippen molar-refractivity contribution in [3.8, 4) is 23.1 Å². The van der Waals surface area contributed by atoms with Gasteiger partial charge in [-0.2, -0.15) is 0 Å². The summed E-state index contributed by atoms with van der Waals surface area (Å²) >= 11 is 6.20. The summed E-state index contributed by atoms with van der Waals surface area (Å²) in [5, 5.41) is 8.02. The third-order valence-corrected chi connectivity index (χ3v) is 3.97. The zero-order valence-electron chi connectivity index (χ0n) is 11.0. The number of alkyl halides is 2. The standard InChI is InChI=1S/C14H8Br2N2O4/c15-5-9(19)7-1-2-11-12(3-7)22-14-13(21-11)4-8(17-18-14)10(20)6-16/h1-4H,5-6H2. The summed E-state index contributed by atoms with van der Waals surface area (Å²) in [6, 6.07) is 6.35. The highest BCUT2D eigenvalue weighted by atomic mass is 79.9. The largest absolute Gasteiger partial charge is 0.448 e. The predicted octanol–water partition coefficient (Wildman–Crippen LogP) is 3.53. The van der Waals surface area contributed by atoms with Crippen LogP contribution in [0.1, 0.15) is 20.8 Å². The van der Waals surface area contributed by atoms with E-state index >= 15 is 0 Å². The predicted molar refractivity (Wildman–Crippen MR) is 84.9 cm³/mol. The van der Waals surface area contributed by atoms with Crippen LogP contribution < -0.4 is 9.47 Å². The Balaban J connectivity index is 1.95. The number of carbonyl (C=O) groups is 2. The van der Waals surface area contributed by atoms with E-state index in [1.54, 1.807) is 18.2 Å². The Labute approximate surface area is 142 Å². The molecule has 0 saturated carbocycles. The molecule has 6 nitrogen and oxygen atoms in total. The lowest BCUT2D eigenvalue weighted by atomic mass is 10.1. The number of nitrogens with zero attached hydrogens (tertiary/aromatic N) is 2. The molecule has 8 heteroatoms. The summed E-state index contributed by atoms with van der Waals surface area (Å²) in [5.41, 5.74) is 0.690. The number of hydrogen-bond donors (Lipinski definition) is 0. The summed E-state index contributed by atoms with van der Waals surface area (Å²) < 4.78 is 11.3. The maximum atomic E-state index is 11.7. The first-order valence-electron chi connectivity index (χ1n) is 6.18. The molecule has 0 N–H and O–H groups in total. The molecule has 0 bridgehead atoms. The maximum Gasteiger partial charge on any atom is 0.282 e. The number of ketones is 2. The molecule has 0 spiro atoms. The van der Waals surface area contributed by atoms with E-state index in [1.165, 1.54) is 6.07 Å². The Morgan fingerprint density at radius 2 is 1.68 bits per heavy atom. The lowest BCUT2D eigenvalue weighted by Gasteiger charge is -2.19. The quantitative estimate of drug-likeness (QED) is 0.468. The molecule has 1 aromatic heterocycles. The monoisotopic (exact) mass is 426 g/mol. The zero-order valence-corrected chi connectivity index (χ0v) is 14.2. The molecule has 0 fully saturated rings. The first kappa shape index (κ1) is 15.1. The first-order valence-corrected chi connectivity index (χ1v) is 8.42. The Bertz CT molecular complexity index is 714. The van der Waals surface area contributed by atoms with Gasteiger partial charge in [-0.1, -0.05) is 31.9 Å². The SMILES string of the molecule is O=C(CBr)c1ccc2c(c1)Oc1nnc(C(=O)CBr)cc1O2. The van der Waals surface area contributed by atoms with Crippen molar-refractivity contribution in [2.24, 2.45) is 0 Å². The van der Waals surface area contributed by atoms with E-state index in [9.17, 15) is 9.59 Å². The van der Waals surface area contributed by atoms with Gasteiger partial charge >= 0.3 is 0 Å². The number of Topliss-reactive ketones (excluding diaryl/α,β-unsaturated/α-hetero) is 2. The molecular formula is C14H8Br2N2O4. The molecular weight excluding hydrogens is 420 g/mol. The number of fused-ring (bicyclic) bond motifs is 2. The lowest BCUT2D eigenvalue weighted by Crippen LogP contribution is -2.09.